The predicted molar refractivity (Wildman–Crippen MR) is 87.4 cm³/mol. The maximum Gasteiger partial charge on any atom is 0.573 e. The zero-order chi connectivity index (χ0) is 21.2. The van der Waals surface area contributed by atoms with Gasteiger partial charge in [-0.15, -0.1) is 13.2 Å². The molecule has 0 atom stereocenters. The van der Waals surface area contributed by atoms with Crippen LogP contribution in [-0.4, -0.2) is 27.0 Å². The number of anilines is 1. The van der Waals surface area contributed by atoms with Crippen molar-refractivity contribution in [3.63, 3.8) is 0 Å². The lowest BCUT2D eigenvalue weighted by atomic mass is 10.2. The Bertz CT molecular complexity index is 1010. The summed E-state index contributed by atoms with van der Waals surface area (Å²) in [6, 6.07) is 8.32. The van der Waals surface area contributed by atoms with Crippen LogP contribution in [0.3, 0.4) is 0 Å². The molecule has 2 heterocycles. The van der Waals surface area contributed by atoms with Crippen molar-refractivity contribution in [3.05, 3.63) is 66.1 Å². The normalized spacial score (nSPS) is 11.9. The molecule has 0 saturated heterocycles. The number of ether oxygens (including phenoxy) is 1. The van der Waals surface area contributed by atoms with Gasteiger partial charge in [0.15, 0.2) is 11.5 Å². The monoisotopic (exact) mass is 416 g/mol. The highest BCUT2D eigenvalue weighted by Crippen LogP contribution is 2.34. The molecule has 0 aliphatic heterocycles. The van der Waals surface area contributed by atoms with Crippen molar-refractivity contribution in [1.29, 1.82) is 0 Å². The topological polar surface area (TPSA) is 69.0 Å². The van der Waals surface area contributed by atoms with Crippen molar-refractivity contribution < 1.29 is 35.9 Å². The Balaban J connectivity index is 1.93. The van der Waals surface area contributed by atoms with E-state index in [0.29, 0.717) is 10.9 Å². The smallest absolute Gasteiger partial charge is 0.406 e. The number of alkyl halides is 6. The van der Waals surface area contributed by atoms with Crippen LogP contribution in [-0.2, 0) is 6.18 Å². The van der Waals surface area contributed by atoms with Crippen LogP contribution in [0.25, 0.3) is 5.82 Å². The van der Waals surface area contributed by atoms with E-state index in [-0.39, 0.29) is 11.5 Å². The molecule has 1 N–H and O–H groups in total. The van der Waals surface area contributed by atoms with Gasteiger partial charge in [0.2, 0.25) is 0 Å². The summed E-state index contributed by atoms with van der Waals surface area (Å²) in [6.07, 6.45) is -7.97. The number of rotatable bonds is 4. The largest absolute Gasteiger partial charge is 0.573 e. The first-order chi connectivity index (χ1) is 13.5. The zero-order valence-electron chi connectivity index (χ0n) is 14.1. The number of pyridine rings is 1. The molecule has 0 aliphatic carbocycles. The van der Waals surface area contributed by atoms with Gasteiger partial charge in [0.1, 0.15) is 5.75 Å². The number of aromatic nitrogens is 3. The number of benzene rings is 1. The molecule has 12 heteroatoms. The maximum atomic E-state index is 13.6. The fraction of sp³-hybridized carbons (Fsp3) is 0.118. The molecule has 0 bridgehead atoms. The van der Waals surface area contributed by atoms with Crippen LogP contribution in [0.4, 0.5) is 32.0 Å². The molecule has 6 nitrogen and oxygen atoms in total. The van der Waals surface area contributed by atoms with Gasteiger partial charge in [-0.2, -0.15) is 18.3 Å². The van der Waals surface area contributed by atoms with E-state index in [1.165, 1.54) is 30.5 Å². The van der Waals surface area contributed by atoms with Crippen molar-refractivity contribution in [2.24, 2.45) is 0 Å². The molecule has 0 saturated carbocycles. The average molecular weight is 416 g/mol. The Morgan fingerprint density at radius 1 is 1.03 bits per heavy atom. The van der Waals surface area contributed by atoms with Gasteiger partial charge in [0.25, 0.3) is 5.91 Å². The second-order valence-electron chi connectivity index (χ2n) is 5.53. The molecule has 0 aliphatic rings. The summed E-state index contributed by atoms with van der Waals surface area (Å²) < 4.78 is 81.8. The standard InChI is InChI=1S/C17H10F6N4O2/c18-16(19,20)14-12(9-25-27(14)13-6-1-2-7-24-13)15(28)26-10-4-3-5-11(8-10)29-17(21,22)23/h1-9H,(H,26,28). The lowest BCUT2D eigenvalue weighted by Crippen LogP contribution is -2.21. The van der Waals surface area contributed by atoms with Gasteiger partial charge in [-0.1, -0.05) is 12.1 Å². The van der Waals surface area contributed by atoms with Gasteiger partial charge in [-0.25, -0.2) is 9.67 Å². The molecular weight excluding hydrogens is 406 g/mol. The molecule has 2 aromatic heterocycles. The first kappa shape index (κ1) is 20.2. The van der Waals surface area contributed by atoms with Crippen LogP contribution in [0.2, 0.25) is 0 Å². The highest BCUT2D eigenvalue weighted by atomic mass is 19.4. The van der Waals surface area contributed by atoms with Crippen molar-refractivity contribution in [2.75, 3.05) is 5.32 Å². The van der Waals surface area contributed by atoms with Gasteiger partial charge in [0.05, 0.1) is 11.8 Å². The highest BCUT2D eigenvalue weighted by molar-refractivity contribution is 6.05. The Morgan fingerprint density at radius 3 is 2.41 bits per heavy atom. The fourth-order valence-electron chi connectivity index (χ4n) is 2.41. The van der Waals surface area contributed by atoms with Crippen molar-refractivity contribution in [3.8, 4) is 11.6 Å². The Labute approximate surface area is 158 Å². The molecule has 3 aromatic rings. The minimum absolute atomic E-state index is 0.167. The van der Waals surface area contributed by atoms with Crippen LogP contribution in [0.5, 0.6) is 5.75 Å². The van der Waals surface area contributed by atoms with Crippen LogP contribution in [0.1, 0.15) is 16.1 Å². The molecule has 1 amide bonds. The van der Waals surface area contributed by atoms with E-state index in [2.05, 4.69) is 20.1 Å². The van der Waals surface area contributed by atoms with Gasteiger partial charge in [0, 0.05) is 18.0 Å². The number of carbonyl (C=O) groups excluding carboxylic acids is 1. The van der Waals surface area contributed by atoms with E-state index >= 15 is 0 Å². The third-order valence-electron chi connectivity index (χ3n) is 3.47. The highest BCUT2D eigenvalue weighted by Gasteiger charge is 2.41. The third-order valence-corrected chi connectivity index (χ3v) is 3.47. The predicted octanol–water partition coefficient (Wildman–Crippen LogP) is 4.44. The van der Waals surface area contributed by atoms with Crippen LogP contribution in [0, 0.1) is 0 Å². The summed E-state index contributed by atoms with van der Waals surface area (Å²) in [7, 11) is 0. The number of nitrogens with one attached hydrogen (secondary N) is 1. The van der Waals surface area contributed by atoms with Crippen molar-refractivity contribution in [2.45, 2.75) is 12.5 Å². The van der Waals surface area contributed by atoms with E-state index in [1.807, 2.05) is 0 Å². The Morgan fingerprint density at radius 2 is 1.79 bits per heavy atom. The first-order valence-corrected chi connectivity index (χ1v) is 7.78. The van der Waals surface area contributed by atoms with Crippen LogP contribution in [0.15, 0.2) is 54.9 Å². The summed E-state index contributed by atoms with van der Waals surface area (Å²) in [5.74, 6) is -2.03. The summed E-state index contributed by atoms with van der Waals surface area (Å²) in [6.45, 7) is 0. The summed E-state index contributed by atoms with van der Waals surface area (Å²) in [5, 5.41) is 5.68. The second-order valence-corrected chi connectivity index (χ2v) is 5.53. The summed E-state index contributed by atoms with van der Waals surface area (Å²) in [5.41, 5.74) is -2.41. The average Bonchev–Trinajstić information content (AvgIpc) is 3.07. The fourth-order valence-corrected chi connectivity index (χ4v) is 2.41. The Hall–Kier alpha value is -3.57. The molecular formula is C17H10F6N4O2. The number of amides is 1. The van der Waals surface area contributed by atoms with Crippen molar-refractivity contribution in [1.82, 2.24) is 14.8 Å². The maximum absolute atomic E-state index is 13.6. The van der Waals surface area contributed by atoms with Gasteiger partial charge in [-0.3, -0.25) is 4.79 Å². The molecule has 0 radical (unpaired) electrons. The minimum atomic E-state index is -4.96. The van der Waals surface area contributed by atoms with Gasteiger partial charge in [-0.05, 0) is 24.3 Å². The van der Waals surface area contributed by atoms with E-state index in [9.17, 15) is 31.1 Å². The number of halogens is 6. The number of hydrogen-bond donors (Lipinski definition) is 1. The van der Waals surface area contributed by atoms with Crippen molar-refractivity contribution >= 4 is 11.6 Å². The van der Waals surface area contributed by atoms with Gasteiger partial charge >= 0.3 is 12.5 Å². The van der Waals surface area contributed by atoms with Gasteiger partial charge < -0.3 is 10.1 Å². The Kier molecular flexibility index (Phi) is 5.18. The summed E-state index contributed by atoms with van der Waals surface area (Å²) >= 11 is 0. The number of carbonyl (C=O) groups is 1. The molecule has 29 heavy (non-hydrogen) atoms. The SMILES string of the molecule is O=C(Nc1cccc(OC(F)(F)F)c1)c1cnn(-c2ccccn2)c1C(F)(F)F. The van der Waals surface area contributed by atoms with E-state index < -0.39 is 35.5 Å². The van der Waals surface area contributed by atoms with E-state index in [0.717, 1.165) is 18.2 Å². The molecule has 0 unspecified atom stereocenters. The molecule has 0 fully saturated rings. The molecule has 152 valence electrons. The van der Waals surface area contributed by atoms with E-state index in [4.69, 9.17) is 0 Å². The summed E-state index contributed by atoms with van der Waals surface area (Å²) in [4.78, 5) is 16.1. The second kappa shape index (κ2) is 7.45. The first-order valence-electron chi connectivity index (χ1n) is 7.78. The molecule has 3 rings (SSSR count). The number of hydrogen-bond acceptors (Lipinski definition) is 4. The van der Waals surface area contributed by atoms with Crippen LogP contribution >= 0.6 is 0 Å². The minimum Gasteiger partial charge on any atom is -0.406 e. The molecule has 0 spiro atoms. The lowest BCUT2D eigenvalue weighted by molar-refractivity contribution is -0.274. The number of nitrogens with zero attached hydrogens (tertiary/aromatic N) is 3. The lowest BCUT2D eigenvalue weighted by Gasteiger charge is -2.13. The molecule has 1 aromatic carbocycles. The zero-order valence-corrected chi connectivity index (χ0v) is 14.1. The van der Waals surface area contributed by atoms with Crippen LogP contribution < -0.4 is 10.1 Å². The third kappa shape index (κ3) is 4.83. The quantitative estimate of drug-likeness (QED) is 0.639. The van der Waals surface area contributed by atoms with E-state index in [1.54, 1.807) is 0 Å².